The molecule has 0 radical (unpaired) electrons. The largest absolute Gasteiger partial charge is 0.491 e. The third-order valence-electron chi connectivity index (χ3n) is 2.12. The second kappa shape index (κ2) is 5.14. The first-order valence-electron chi connectivity index (χ1n) is 4.98. The van der Waals surface area contributed by atoms with Crippen molar-refractivity contribution in [2.24, 2.45) is 0 Å². The van der Waals surface area contributed by atoms with Crippen LogP contribution in [0.15, 0.2) is 24.3 Å². The van der Waals surface area contributed by atoms with Crippen molar-refractivity contribution in [3.8, 4) is 5.75 Å². The van der Waals surface area contributed by atoms with Crippen LogP contribution in [0.5, 0.6) is 5.75 Å². The molecule has 0 aliphatic rings. The van der Waals surface area contributed by atoms with Gasteiger partial charge in [-0.1, -0.05) is 12.1 Å². The van der Waals surface area contributed by atoms with Crippen molar-refractivity contribution in [2.75, 3.05) is 20.3 Å². The number of hydrogen-bond donors (Lipinski definition) is 1. The van der Waals surface area contributed by atoms with Gasteiger partial charge in [-0.25, -0.2) is 0 Å². The smallest absolute Gasteiger partial charge is 0.119 e. The number of rotatable bonds is 5. The van der Waals surface area contributed by atoms with Crippen LogP contribution in [-0.2, 0) is 10.3 Å². The molecule has 0 aromatic heterocycles. The summed E-state index contributed by atoms with van der Waals surface area (Å²) in [5.74, 6) is 0.792. The number of methoxy groups -OCH3 is 1. The van der Waals surface area contributed by atoms with Crippen LogP contribution in [0.1, 0.15) is 19.4 Å². The number of hydrogen-bond acceptors (Lipinski definition) is 3. The molecule has 0 saturated carbocycles. The van der Waals surface area contributed by atoms with E-state index in [9.17, 15) is 5.11 Å². The monoisotopic (exact) mass is 210 g/mol. The predicted octanol–water partition coefficient (Wildman–Crippen LogP) is 1.94. The van der Waals surface area contributed by atoms with Gasteiger partial charge in [-0.3, -0.25) is 0 Å². The van der Waals surface area contributed by atoms with E-state index in [1.54, 1.807) is 21.0 Å². The van der Waals surface area contributed by atoms with E-state index in [1.807, 2.05) is 24.3 Å². The molecular formula is C12H18O3. The van der Waals surface area contributed by atoms with Crippen molar-refractivity contribution < 1.29 is 14.6 Å². The lowest BCUT2D eigenvalue weighted by Gasteiger charge is -2.17. The van der Waals surface area contributed by atoms with E-state index in [0.29, 0.717) is 13.2 Å². The average molecular weight is 210 g/mol. The lowest BCUT2D eigenvalue weighted by atomic mass is 9.99. The summed E-state index contributed by atoms with van der Waals surface area (Å²) >= 11 is 0. The zero-order valence-corrected chi connectivity index (χ0v) is 9.49. The molecule has 0 atom stereocenters. The van der Waals surface area contributed by atoms with Gasteiger partial charge in [-0.05, 0) is 31.5 Å². The van der Waals surface area contributed by atoms with Crippen molar-refractivity contribution >= 4 is 0 Å². The Morgan fingerprint density at radius 3 is 2.20 bits per heavy atom. The van der Waals surface area contributed by atoms with Gasteiger partial charge in [0.15, 0.2) is 0 Å². The fraction of sp³-hybridized carbons (Fsp3) is 0.500. The molecule has 84 valence electrons. The van der Waals surface area contributed by atoms with Gasteiger partial charge in [0.25, 0.3) is 0 Å². The highest BCUT2D eigenvalue weighted by Crippen LogP contribution is 2.22. The molecule has 0 bridgehead atoms. The molecule has 0 aliphatic carbocycles. The van der Waals surface area contributed by atoms with Crippen LogP contribution in [-0.4, -0.2) is 25.4 Å². The summed E-state index contributed by atoms with van der Waals surface area (Å²) in [7, 11) is 1.64. The first kappa shape index (κ1) is 12.0. The molecule has 1 aromatic rings. The lowest BCUT2D eigenvalue weighted by Crippen LogP contribution is -2.15. The van der Waals surface area contributed by atoms with Gasteiger partial charge in [0.1, 0.15) is 12.4 Å². The molecule has 1 aromatic carbocycles. The van der Waals surface area contributed by atoms with Crippen molar-refractivity contribution in [3.05, 3.63) is 29.8 Å². The Hall–Kier alpha value is -1.06. The molecule has 0 saturated heterocycles. The van der Waals surface area contributed by atoms with E-state index in [2.05, 4.69) is 0 Å². The summed E-state index contributed by atoms with van der Waals surface area (Å²) in [4.78, 5) is 0. The second-order valence-corrected chi connectivity index (χ2v) is 3.92. The first-order valence-corrected chi connectivity index (χ1v) is 4.98. The Bertz CT molecular complexity index is 285. The number of benzene rings is 1. The molecule has 1 rings (SSSR count). The Morgan fingerprint density at radius 1 is 1.13 bits per heavy atom. The minimum Gasteiger partial charge on any atom is -0.491 e. The van der Waals surface area contributed by atoms with Crippen molar-refractivity contribution in [1.82, 2.24) is 0 Å². The van der Waals surface area contributed by atoms with Crippen molar-refractivity contribution in [1.29, 1.82) is 0 Å². The SMILES string of the molecule is COCCOc1ccc(C(C)(C)O)cc1. The van der Waals surface area contributed by atoms with Gasteiger partial charge < -0.3 is 14.6 Å². The fourth-order valence-electron chi connectivity index (χ4n) is 1.20. The first-order chi connectivity index (χ1) is 7.04. The van der Waals surface area contributed by atoms with Crippen LogP contribution in [0.25, 0.3) is 0 Å². The van der Waals surface area contributed by atoms with Gasteiger partial charge in [-0.15, -0.1) is 0 Å². The fourth-order valence-corrected chi connectivity index (χ4v) is 1.20. The predicted molar refractivity (Wildman–Crippen MR) is 59.1 cm³/mol. The molecule has 0 spiro atoms. The van der Waals surface area contributed by atoms with Crippen LogP contribution in [0.4, 0.5) is 0 Å². The van der Waals surface area contributed by atoms with Gasteiger partial charge in [0, 0.05) is 7.11 Å². The highest BCUT2D eigenvalue weighted by Gasteiger charge is 2.14. The zero-order chi connectivity index (χ0) is 11.3. The minimum atomic E-state index is -0.801. The summed E-state index contributed by atoms with van der Waals surface area (Å²) < 4.78 is 10.3. The van der Waals surface area contributed by atoms with E-state index in [1.165, 1.54) is 0 Å². The highest BCUT2D eigenvalue weighted by atomic mass is 16.5. The summed E-state index contributed by atoms with van der Waals surface area (Å²) in [5.41, 5.74) is 0.0759. The minimum absolute atomic E-state index is 0.540. The normalized spacial score (nSPS) is 11.5. The molecule has 0 unspecified atom stereocenters. The van der Waals surface area contributed by atoms with Gasteiger partial charge in [0.05, 0.1) is 12.2 Å². The van der Waals surface area contributed by atoms with Crippen molar-refractivity contribution in [3.63, 3.8) is 0 Å². The molecule has 0 amide bonds. The summed E-state index contributed by atoms with van der Waals surface area (Å²) in [6.45, 7) is 4.63. The van der Waals surface area contributed by atoms with Gasteiger partial charge >= 0.3 is 0 Å². The maximum Gasteiger partial charge on any atom is 0.119 e. The lowest BCUT2D eigenvalue weighted by molar-refractivity contribution is 0.0785. The number of ether oxygens (including phenoxy) is 2. The molecule has 1 N–H and O–H groups in total. The molecule has 15 heavy (non-hydrogen) atoms. The van der Waals surface area contributed by atoms with Crippen LogP contribution >= 0.6 is 0 Å². The molecule has 3 heteroatoms. The maximum atomic E-state index is 9.73. The van der Waals surface area contributed by atoms with E-state index in [-0.39, 0.29) is 0 Å². The Labute approximate surface area is 90.6 Å². The second-order valence-electron chi connectivity index (χ2n) is 3.92. The van der Waals surface area contributed by atoms with Gasteiger partial charge in [0.2, 0.25) is 0 Å². The summed E-state index contributed by atoms with van der Waals surface area (Å²) in [5, 5.41) is 9.73. The molecule has 0 aliphatic heterocycles. The Kier molecular flexibility index (Phi) is 4.12. The van der Waals surface area contributed by atoms with Crippen LogP contribution in [0, 0.1) is 0 Å². The molecule has 0 fully saturated rings. The van der Waals surface area contributed by atoms with Crippen LogP contribution < -0.4 is 4.74 Å². The third-order valence-corrected chi connectivity index (χ3v) is 2.12. The Balaban J connectivity index is 2.57. The third kappa shape index (κ3) is 3.90. The molecular weight excluding hydrogens is 192 g/mol. The average Bonchev–Trinajstić information content (AvgIpc) is 2.18. The quantitative estimate of drug-likeness (QED) is 0.755. The van der Waals surface area contributed by atoms with Crippen molar-refractivity contribution in [2.45, 2.75) is 19.4 Å². The van der Waals surface area contributed by atoms with Crippen LogP contribution in [0.3, 0.4) is 0 Å². The standard InChI is InChI=1S/C12H18O3/c1-12(2,13)10-4-6-11(7-5-10)15-9-8-14-3/h4-7,13H,8-9H2,1-3H3. The Morgan fingerprint density at radius 2 is 1.73 bits per heavy atom. The van der Waals surface area contributed by atoms with E-state index >= 15 is 0 Å². The van der Waals surface area contributed by atoms with E-state index < -0.39 is 5.60 Å². The van der Waals surface area contributed by atoms with E-state index in [4.69, 9.17) is 9.47 Å². The topological polar surface area (TPSA) is 38.7 Å². The van der Waals surface area contributed by atoms with Crippen LogP contribution in [0.2, 0.25) is 0 Å². The number of aliphatic hydroxyl groups is 1. The van der Waals surface area contributed by atoms with E-state index in [0.717, 1.165) is 11.3 Å². The maximum absolute atomic E-state index is 9.73. The summed E-state index contributed by atoms with van der Waals surface area (Å²) in [6, 6.07) is 7.43. The van der Waals surface area contributed by atoms with Gasteiger partial charge in [-0.2, -0.15) is 0 Å². The zero-order valence-electron chi connectivity index (χ0n) is 9.49. The molecule has 3 nitrogen and oxygen atoms in total. The highest BCUT2D eigenvalue weighted by molar-refractivity contribution is 5.30. The summed E-state index contributed by atoms with van der Waals surface area (Å²) in [6.07, 6.45) is 0. The molecule has 0 heterocycles.